The summed E-state index contributed by atoms with van der Waals surface area (Å²) in [5.41, 5.74) is -0.112. The number of carbonyl (C=O) groups excluding carboxylic acids is 1. The Hall–Kier alpha value is -2.40. The second kappa shape index (κ2) is 5.09. The van der Waals surface area contributed by atoms with Gasteiger partial charge in [0.25, 0.3) is 0 Å². The lowest BCUT2D eigenvalue weighted by Gasteiger charge is -2.18. The highest BCUT2D eigenvalue weighted by molar-refractivity contribution is 5.85. The van der Waals surface area contributed by atoms with Gasteiger partial charge in [-0.05, 0) is 26.7 Å². The summed E-state index contributed by atoms with van der Waals surface area (Å²) in [6, 6.07) is 1.68. The maximum atomic E-state index is 11.6. The molecule has 0 aliphatic heterocycles. The first-order valence-electron chi connectivity index (χ1n) is 4.88. The van der Waals surface area contributed by atoms with E-state index in [1.165, 1.54) is 12.4 Å². The Balaban J connectivity index is 2.82. The highest BCUT2D eigenvalue weighted by atomic mass is 16.6. The summed E-state index contributed by atoms with van der Waals surface area (Å²) in [5.74, 6) is 4.12. The molecule has 0 unspecified atom stereocenters. The van der Waals surface area contributed by atoms with Crippen molar-refractivity contribution in [2.24, 2.45) is 0 Å². The lowest BCUT2D eigenvalue weighted by Crippen LogP contribution is -2.25. The number of hydrogen-bond acceptors (Lipinski definition) is 5. The number of ether oxygens (including phenoxy) is 1. The average Bonchev–Trinajstić information content (AvgIpc) is 2.24. The molecule has 1 rings (SSSR count). The van der Waals surface area contributed by atoms with Crippen LogP contribution in [0.2, 0.25) is 0 Å². The number of carbonyl (C=O) groups is 1. The van der Waals surface area contributed by atoms with Crippen LogP contribution in [0.5, 0.6) is 0 Å². The zero-order chi connectivity index (χ0) is 12.9. The second-order valence-corrected chi connectivity index (χ2v) is 4.16. The molecule has 0 amide bonds. The highest BCUT2D eigenvalue weighted by Gasteiger charge is 2.19. The summed E-state index contributed by atoms with van der Waals surface area (Å²) in [7, 11) is 0. The molecule has 0 atom stereocenters. The predicted octanol–water partition coefficient (Wildman–Crippen LogP) is 1.31. The minimum atomic E-state index is -0.586. The molecule has 0 saturated carbocycles. The van der Waals surface area contributed by atoms with Gasteiger partial charge in [0, 0.05) is 18.3 Å². The highest BCUT2D eigenvalue weighted by Crippen LogP contribution is 2.09. The molecule has 0 aromatic carbocycles. The summed E-state index contributed by atoms with van der Waals surface area (Å²) < 4.78 is 5.09. The number of esters is 1. The van der Waals surface area contributed by atoms with Crippen LogP contribution in [-0.2, 0) is 4.74 Å². The van der Waals surface area contributed by atoms with E-state index in [0.717, 1.165) is 0 Å². The molecule has 0 N–H and O–H groups in total. The Morgan fingerprint density at radius 2 is 1.94 bits per heavy atom. The van der Waals surface area contributed by atoms with Gasteiger partial charge in [0.05, 0.1) is 5.56 Å². The van der Waals surface area contributed by atoms with E-state index in [1.807, 2.05) is 0 Å². The Morgan fingerprint density at radius 3 is 2.41 bits per heavy atom. The first-order valence-corrected chi connectivity index (χ1v) is 4.88. The smallest absolute Gasteiger partial charge is 0.376 e. The molecule has 1 aromatic heterocycles. The Morgan fingerprint density at radius 1 is 1.35 bits per heavy atom. The van der Waals surface area contributed by atoms with Crippen LogP contribution in [0.3, 0.4) is 0 Å². The van der Waals surface area contributed by atoms with E-state index in [0.29, 0.717) is 5.56 Å². The molecular weight excluding hydrogens is 218 g/mol. The summed E-state index contributed by atoms with van der Waals surface area (Å²) >= 11 is 0. The van der Waals surface area contributed by atoms with E-state index in [9.17, 15) is 4.79 Å². The van der Waals surface area contributed by atoms with E-state index in [1.54, 1.807) is 26.8 Å². The summed E-state index contributed by atoms with van der Waals surface area (Å²) in [6.45, 7) is 5.28. The quantitative estimate of drug-likeness (QED) is 0.536. The molecule has 5 nitrogen and oxygen atoms in total. The summed E-state index contributed by atoms with van der Waals surface area (Å²) in [6.07, 6.45) is 2.74. The van der Waals surface area contributed by atoms with Gasteiger partial charge in [-0.2, -0.15) is 5.26 Å². The molecule has 0 saturated heterocycles. The van der Waals surface area contributed by atoms with Crippen LogP contribution in [-0.4, -0.2) is 21.5 Å². The van der Waals surface area contributed by atoms with Crippen molar-refractivity contribution in [3.05, 3.63) is 23.8 Å². The van der Waals surface area contributed by atoms with Gasteiger partial charge >= 0.3 is 5.97 Å². The minimum absolute atomic E-state index is 0.0255. The molecule has 0 spiro atoms. The first-order chi connectivity index (χ1) is 7.92. The van der Waals surface area contributed by atoms with Gasteiger partial charge in [-0.15, -0.1) is 0 Å². The summed E-state index contributed by atoms with van der Waals surface area (Å²) in [5, 5.41) is 8.26. The second-order valence-electron chi connectivity index (χ2n) is 4.16. The van der Waals surface area contributed by atoms with Crippen LogP contribution in [0.1, 0.15) is 37.0 Å². The normalized spacial score (nSPS) is 9.76. The van der Waals surface area contributed by atoms with E-state index >= 15 is 0 Å². The number of rotatable bonds is 1. The molecule has 1 aromatic rings. The van der Waals surface area contributed by atoms with Crippen molar-refractivity contribution in [1.82, 2.24) is 9.97 Å². The lowest BCUT2D eigenvalue weighted by molar-refractivity contribution is 0.00555. The van der Waals surface area contributed by atoms with Crippen molar-refractivity contribution in [3.8, 4) is 17.9 Å². The molecular formula is C12H11N3O2. The van der Waals surface area contributed by atoms with Crippen molar-refractivity contribution < 1.29 is 9.53 Å². The van der Waals surface area contributed by atoms with Crippen molar-refractivity contribution >= 4 is 5.97 Å². The molecule has 0 fully saturated rings. The van der Waals surface area contributed by atoms with Crippen molar-refractivity contribution in [2.75, 3.05) is 0 Å². The van der Waals surface area contributed by atoms with Crippen LogP contribution in [0, 0.1) is 23.2 Å². The largest absolute Gasteiger partial charge is 0.454 e. The Kier molecular flexibility index (Phi) is 3.79. The maximum absolute atomic E-state index is 11.6. The van der Waals surface area contributed by atoms with Gasteiger partial charge in [0.1, 0.15) is 5.60 Å². The Bertz CT molecular complexity index is 510. The van der Waals surface area contributed by atoms with Crippen LogP contribution in [0.25, 0.3) is 0 Å². The third kappa shape index (κ3) is 4.31. The molecule has 17 heavy (non-hydrogen) atoms. The fraction of sp³-hybridized carbons (Fsp3) is 0.333. The molecule has 0 bridgehead atoms. The maximum Gasteiger partial charge on any atom is 0.376 e. The van der Waals surface area contributed by atoms with Crippen molar-refractivity contribution in [3.63, 3.8) is 0 Å². The van der Waals surface area contributed by atoms with Crippen LogP contribution in [0.4, 0.5) is 0 Å². The molecule has 86 valence electrons. The summed E-state index contributed by atoms with van der Waals surface area (Å²) in [4.78, 5) is 19.2. The van der Waals surface area contributed by atoms with Crippen molar-refractivity contribution in [1.29, 1.82) is 5.26 Å². The van der Waals surface area contributed by atoms with Gasteiger partial charge < -0.3 is 4.74 Å². The average molecular weight is 229 g/mol. The number of hydrogen-bond donors (Lipinski definition) is 0. The van der Waals surface area contributed by atoms with Crippen LogP contribution in [0.15, 0.2) is 12.4 Å². The first kappa shape index (κ1) is 12.7. The fourth-order valence-corrected chi connectivity index (χ4v) is 0.922. The third-order valence-corrected chi connectivity index (χ3v) is 1.50. The van der Waals surface area contributed by atoms with Crippen molar-refractivity contribution in [2.45, 2.75) is 26.4 Å². The van der Waals surface area contributed by atoms with E-state index in [4.69, 9.17) is 10.00 Å². The van der Waals surface area contributed by atoms with E-state index in [-0.39, 0.29) is 5.82 Å². The zero-order valence-corrected chi connectivity index (χ0v) is 9.81. The molecule has 0 radical (unpaired) electrons. The number of nitrogens with zero attached hydrogens (tertiary/aromatic N) is 3. The molecule has 0 aliphatic rings. The van der Waals surface area contributed by atoms with Crippen LogP contribution < -0.4 is 0 Å². The van der Waals surface area contributed by atoms with Gasteiger partial charge in [-0.25, -0.2) is 14.8 Å². The van der Waals surface area contributed by atoms with Gasteiger partial charge in [0.15, 0.2) is 6.07 Å². The third-order valence-electron chi connectivity index (χ3n) is 1.50. The van der Waals surface area contributed by atoms with Crippen LogP contribution >= 0.6 is 0 Å². The predicted molar refractivity (Wildman–Crippen MR) is 59.7 cm³/mol. The molecule has 5 heteroatoms. The molecule has 0 aliphatic carbocycles. The lowest BCUT2D eigenvalue weighted by atomic mass is 10.2. The van der Waals surface area contributed by atoms with Gasteiger partial charge in [0.2, 0.25) is 5.82 Å². The number of aromatic nitrogens is 2. The monoisotopic (exact) mass is 229 g/mol. The Labute approximate surface area is 99.5 Å². The SMILES string of the molecule is CC(C)(C)OC(=O)c1ncc(C#CC#N)cn1. The fourth-order valence-electron chi connectivity index (χ4n) is 0.922. The van der Waals surface area contributed by atoms with Gasteiger partial charge in [-0.3, -0.25) is 0 Å². The minimum Gasteiger partial charge on any atom is -0.454 e. The van der Waals surface area contributed by atoms with E-state index < -0.39 is 11.6 Å². The molecule has 1 heterocycles. The number of nitriles is 1. The van der Waals surface area contributed by atoms with E-state index in [2.05, 4.69) is 21.8 Å². The standard InChI is InChI=1S/C12H11N3O2/c1-12(2,3)17-11(16)10-14-7-9(8-15-10)5-4-6-13/h7-8H,1-3H3. The zero-order valence-electron chi connectivity index (χ0n) is 9.81. The van der Waals surface area contributed by atoms with Gasteiger partial charge in [-0.1, -0.05) is 0 Å². The topological polar surface area (TPSA) is 75.9 Å².